The van der Waals surface area contributed by atoms with Crippen molar-refractivity contribution in [2.75, 3.05) is 32.7 Å². The fourth-order valence-corrected chi connectivity index (χ4v) is 3.79. The second-order valence-corrected chi connectivity index (χ2v) is 8.43. The number of carbonyl (C=O) groups excluding carboxylic acids is 1. The number of rotatable bonds is 7. The van der Waals surface area contributed by atoms with Gasteiger partial charge < -0.3 is 9.42 Å². The Balaban J connectivity index is 1.20. The van der Waals surface area contributed by atoms with Crippen LogP contribution in [0.5, 0.6) is 0 Å². The van der Waals surface area contributed by atoms with Crippen LogP contribution < -0.4 is 0 Å². The van der Waals surface area contributed by atoms with E-state index < -0.39 is 0 Å². The summed E-state index contributed by atoms with van der Waals surface area (Å²) in [5.41, 5.74) is 2.10. The zero-order valence-corrected chi connectivity index (χ0v) is 18.9. The predicted molar refractivity (Wildman–Crippen MR) is 124 cm³/mol. The van der Waals surface area contributed by atoms with Crippen molar-refractivity contribution in [2.24, 2.45) is 0 Å². The number of hydrogen-bond acceptors (Lipinski definition) is 5. The summed E-state index contributed by atoms with van der Waals surface area (Å²) in [4.78, 5) is 21.3. The number of amides is 1. The van der Waals surface area contributed by atoms with Crippen molar-refractivity contribution in [1.29, 1.82) is 0 Å². The Morgan fingerprint density at radius 1 is 1.03 bits per heavy atom. The van der Waals surface area contributed by atoms with Crippen molar-refractivity contribution < 1.29 is 9.32 Å². The molecule has 1 aliphatic rings. The normalized spacial score (nSPS) is 14.9. The third-order valence-electron chi connectivity index (χ3n) is 5.32. The summed E-state index contributed by atoms with van der Waals surface area (Å²) < 4.78 is 6.32. The molecule has 1 fully saturated rings. The molecule has 1 aliphatic heterocycles. The van der Waals surface area contributed by atoms with E-state index in [2.05, 4.69) is 55.3 Å². The first-order valence-corrected chi connectivity index (χ1v) is 11.3. The fraction of sp³-hybridized carbons (Fsp3) is 0.292. The lowest BCUT2D eigenvalue weighted by molar-refractivity contribution is -0.132. The van der Waals surface area contributed by atoms with Crippen molar-refractivity contribution in [3.8, 4) is 11.4 Å². The van der Waals surface area contributed by atoms with Crippen LogP contribution in [0, 0.1) is 0 Å². The number of benzene rings is 2. The van der Waals surface area contributed by atoms with Gasteiger partial charge in [-0.05, 0) is 29.8 Å². The first-order chi connectivity index (χ1) is 15.2. The Bertz CT molecular complexity index is 1010. The van der Waals surface area contributed by atoms with Crippen molar-refractivity contribution in [2.45, 2.75) is 12.8 Å². The summed E-state index contributed by atoms with van der Waals surface area (Å²) >= 11 is 3.41. The topological polar surface area (TPSA) is 62.5 Å². The molecule has 2 aromatic carbocycles. The van der Waals surface area contributed by atoms with Crippen LogP contribution in [0.4, 0.5) is 0 Å². The Morgan fingerprint density at radius 3 is 2.52 bits per heavy atom. The smallest absolute Gasteiger partial charge is 0.227 e. The molecule has 0 spiro atoms. The lowest BCUT2D eigenvalue weighted by Gasteiger charge is -2.34. The van der Waals surface area contributed by atoms with Crippen LogP contribution in [0.3, 0.4) is 0 Å². The largest absolute Gasteiger partial charge is 0.340 e. The standard InChI is InChI=1S/C24H25BrN4O2/c25-21-10-8-20(9-11-21)24-26-22(31-27-24)12-13-23(30)29-17-15-28(16-18-29)14-4-7-19-5-2-1-3-6-19/h1-11H,12-18H2/b7-4+. The first-order valence-electron chi connectivity index (χ1n) is 10.5. The van der Waals surface area contributed by atoms with Gasteiger partial charge in [0.1, 0.15) is 0 Å². The molecule has 1 amide bonds. The maximum Gasteiger partial charge on any atom is 0.227 e. The summed E-state index contributed by atoms with van der Waals surface area (Å²) in [6.07, 6.45) is 5.17. The van der Waals surface area contributed by atoms with Gasteiger partial charge in [0.25, 0.3) is 0 Å². The van der Waals surface area contributed by atoms with Crippen molar-refractivity contribution in [3.05, 3.63) is 76.6 Å². The van der Waals surface area contributed by atoms with Gasteiger partial charge in [-0.25, -0.2) is 0 Å². The summed E-state index contributed by atoms with van der Waals surface area (Å²) in [6.45, 7) is 4.19. The lowest BCUT2D eigenvalue weighted by atomic mass is 10.2. The molecule has 0 radical (unpaired) electrons. The Labute approximate surface area is 190 Å². The third-order valence-corrected chi connectivity index (χ3v) is 5.85. The van der Waals surface area contributed by atoms with Gasteiger partial charge in [-0.2, -0.15) is 4.98 Å². The second-order valence-electron chi connectivity index (χ2n) is 7.51. The Hall–Kier alpha value is -2.77. The molecule has 1 saturated heterocycles. The summed E-state index contributed by atoms with van der Waals surface area (Å²) in [7, 11) is 0. The first kappa shape index (κ1) is 21.5. The fourth-order valence-electron chi connectivity index (χ4n) is 3.53. The zero-order valence-electron chi connectivity index (χ0n) is 17.3. The van der Waals surface area contributed by atoms with Gasteiger partial charge in [-0.1, -0.05) is 63.6 Å². The summed E-state index contributed by atoms with van der Waals surface area (Å²) in [6, 6.07) is 18.0. The molecule has 0 unspecified atom stereocenters. The molecular weight excluding hydrogens is 456 g/mol. The third kappa shape index (κ3) is 6.12. The average molecular weight is 481 g/mol. The zero-order chi connectivity index (χ0) is 21.5. The highest BCUT2D eigenvalue weighted by molar-refractivity contribution is 9.10. The molecule has 1 aromatic heterocycles. The molecule has 0 saturated carbocycles. The molecule has 31 heavy (non-hydrogen) atoms. The van der Waals surface area contributed by atoms with Gasteiger partial charge in [0.05, 0.1) is 0 Å². The van der Waals surface area contributed by atoms with E-state index in [1.54, 1.807) is 0 Å². The highest BCUT2D eigenvalue weighted by Crippen LogP contribution is 2.19. The number of aryl methyl sites for hydroxylation is 1. The van der Waals surface area contributed by atoms with E-state index in [1.165, 1.54) is 5.56 Å². The van der Waals surface area contributed by atoms with Gasteiger partial charge in [-0.15, -0.1) is 0 Å². The van der Waals surface area contributed by atoms with Gasteiger partial charge in [-0.3, -0.25) is 9.69 Å². The van der Waals surface area contributed by atoms with E-state index in [1.807, 2.05) is 47.4 Å². The molecule has 6 nitrogen and oxygen atoms in total. The molecule has 4 rings (SSSR count). The van der Waals surface area contributed by atoms with E-state index >= 15 is 0 Å². The lowest BCUT2D eigenvalue weighted by Crippen LogP contribution is -2.48. The van der Waals surface area contributed by atoms with E-state index in [4.69, 9.17) is 4.52 Å². The molecule has 7 heteroatoms. The number of aromatic nitrogens is 2. The van der Waals surface area contributed by atoms with E-state index in [9.17, 15) is 4.79 Å². The van der Waals surface area contributed by atoms with E-state index in [-0.39, 0.29) is 5.91 Å². The average Bonchev–Trinajstić information content (AvgIpc) is 3.28. The van der Waals surface area contributed by atoms with Crippen molar-refractivity contribution in [1.82, 2.24) is 19.9 Å². The molecule has 3 aromatic rings. The van der Waals surface area contributed by atoms with Crippen LogP contribution in [-0.2, 0) is 11.2 Å². The number of halogens is 1. The number of nitrogens with zero attached hydrogens (tertiary/aromatic N) is 4. The second kappa shape index (κ2) is 10.5. The summed E-state index contributed by atoms with van der Waals surface area (Å²) in [5.74, 6) is 1.19. The van der Waals surface area contributed by atoms with Crippen LogP contribution in [0.25, 0.3) is 17.5 Å². The van der Waals surface area contributed by atoms with Gasteiger partial charge in [0.15, 0.2) is 0 Å². The predicted octanol–water partition coefficient (Wildman–Crippen LogP) is 4.29. The van der Waals surface area contributed by atoms with Gasteiger partial charge in [0.2, 0.25) is 17.6 Å². The minimum Gasteiger partial charge on any atom is -0.340 e. The Kier molecular flexibility index (Phi) is 7.27. The van der Waals surface area contributed by atoms with Gasteiger partial charge >= 0.3 is 0 Å². The highest BCUT2D eigenvalue weighted by atomic mass is 79.9. The number of hydrogen-bond donors (Lipinski definition) is 0. The molecule has 2 heterocycles. The van der Waals surface area contributed by atoms with Gasteiger partial charge in [0, 0.05) is 55.6 Å². The minimum atomic E-state index is 0.142. The minimum absolute atomic E-state index is 0.142. The van der Waals surface area contributed by atoms with E-state index in [0.29, 0.717) is 24.6 Å². The van der Waals surface area contributed by atoms with Crippen LogP contribution in [0.1, 0.15) is 17.9 Å². The van der Waals surface area contributed by atoms with Crippen molar-refractivity contribution in [3.63, 3.8) is 0 Å². The maximum absolute atomic E-state index is 12.6. The molecule has 0 atom stereocenters. The quantitative estimate of drug-likeness (QED) is 0.504. The molecule has 0 bridgehead atoms. The summed E-state index contributed by atoms with van der Waals surface area (Å²) in [5, 5.41) is 4.03. The number of carbonyl (C=O) groups is 1. The molecular formula is C24H25BrN4O2. The van der Waals surface area contributed by atoms with Crippen LogP contribution in [0.15, 0.2) is 69.7 Å². The molecule has 0 aliphatic carbocycles. The van der Waals surface area contributed by atoms with Crippen LogP contribution in [-0.4, -0.2) is 58.6 Å². The molecule has 160 valence electrons. The van der Waals surface area contributed by atoms with Crippen LogP contribution in [0.2, 0.25) is 0 Å². The number of piperazine rings is 1. The van der Waals surface area contributed by atoms with E-state index in [0.717, 1.165) is 42.8 Å². The Morgan fingerprint density at radius 2 is 1.77 bits per heavy atom. The highest BCUT2D eigenvalue weighted by Gasteiger charge is 2.21. The molecule has 0 N–H and O–H groups in total. The maximum atomic E-state index is 12.6. The monoisotopic (exact) mass is 480 g/mol. The van der Waals surface area contributed by atoms with Crippen LogP contribution >= 0.6 is 15.9 Å². The van der Waals surface area contributed by atoms with Crippen molar-refractivity contribution >= 4 is 27.9 Å². The SMILES string of the molecule is O=C(CCc1nc(-c2ccc(Br)cc2)no1)N1CCN(C/C=C/c2ccccc2)CC1.